The highest BCUT2D eigenvalue weighted by Crippen LogP contribution is 2.44. The lowest BCUT2D eigenvalue weighted by Crippen LogP contribution is -2.50. The predicted octanol–water partition coefficient (Wildman–Crippen LogP) is 4.10. The third kappa shape index (κ3) is 3.25. The first kappa shape index (κ1) is 19.8. The quantitative estimate of drug-likeness (QED) is 0.479. The zero-order valence-electron chi connectivity index (χ0n) is 18.2. The molecule has 6 rings (SSSR count). The molecule has 2 aliphatic rings. The van der Waals surface area contributed by atoms with Crippen molar-refractivity contribution in [1.82, 2.24) is 29.4 Å². The van der Waals surface area contributed by atoms with Crippen LogP contribution in [0.4, 0.5) is 4.39 Å². The third-order valence-corrected chi connectivity index (χ3v) is 6.71. The molecule has 4 aromatic rings. The highest BCUT2D eigenvalue weighted by atomic mass is 19.1. The lowest BCUT2D eigenvalue weighted by atomic mass is 9.81. The number of hydrogen-bond acceptors (Lipinski definition) is 4. The fourth-order valence-corrected chi connectivity index (χ4v) is 5.33. The maximum absolute atomic E-state index is 13.9. The van der Waals surface area contributed by atoms with E-state index in [-0.39, 0.29) is 29.6 Å². The number of halogens is 1. The van der Waals surface area contributed by atoms with Crippen molar-refractivity contribution < 1.29 is 9.18 Å². The second kappa shape index (κ2) is 7.65. The molecule has 0 aliphatic carbocycles. The summed E-state index contributed by atoms with van der Waals surface area (Å²) in [5.41, 5.74) is 4.62. The maximum Gasteiger partial charge on any atom is 0.294 e. The second-order valence-electron chi connectivity index (χ2n) is 8.71. The molecule has 33 heavy (non-hydrogen) atoms. The summed E-state index contributed by atoms with van der Waals surface area (Å²) in [6.45, 7) is 0. The first-order valence-corrected chi connectivity index (χ1v) is 11.2. The first-order valence-electron chi connectivity index (χ1n) is 11.2. The van der Waals surface area contributed by atoms with Crippen LogP contribution in [0, 0.1) is 5.82 Å². The maximum atomic E-state index is 13.9. The van der Waals surface area contributed by atoms with Gasteiger partial charge in [-0.25, -0.2) is 14.1 Å². The average molecular weight is 442 g/mol. The summed E-state index contributed by atoms with van der Waals surface area (Å²) in [7, 11) is 1.89. The molecule has 1 fully saturated rings. The predicted molar refractivity (Wildman–Crippen MR) is 120 cm³/mol. The molecular formula is C25H23FN6O. The van der Waals surface area contributed by atoms with E-state index in [1.165, 1.54) is 6.07 Å². The van der Waals surface area contributed by atoms with E-state index >= 15 is 0 Å². The van der Waals surface area contributed by atoms with E-state index in [1.54, 1.807) is 23.1 Å². The van der Waals surface area contributed by atoms with Crippen LogP contribution in [0.5, 0.6) is 0 Å². The molecule has 0 saturated carbocycles. The molecular weight excluding hydrogens is 419 g/mol. The molecule has 2 unspecified atom stereocenters. The minimum Gasteiger partial charge on any atom is -0.324 e. The molecule has 2 aromatic carbocycles. The number of nitrogens with zero attached hydrogens (tertiary/aromatic N) is 6. The highest BCUT2D eigenvalue weighted by molar-refractivity contribution is 5.91. The van der Waals surface area contributed by atoms with Gasteiger partial charge in [-0.3, -0.25) is 9.48 Å². The van der Waals surface area contributed by atoms with Crippen LogP contribution in [-0.2, 0) is 13.5 Å². The molecule has 2 bridgehead atoms. The van der Waals surface area contributed by atoms with Crippen molar-refractivity contribution >= 4 is 5.91 Å². The molecule has 8 heteroatoms. The molecule has 7 nitrogen and oxygen atoms in total. The Labute approximate surface area is 190 Å². The highest BCUT2D eigenvalue weighted by Gasteiger charge is 2.44. The lowest BCUT2D eigenvalue weighted by Gasteiger charge is -2.44. The van der Waals surface area contributed by atoms with Gasteiger partial charge in [0.25, 0.3) is 5.91 Å². The van der Waals surface area contributed by atoms with E-state index in [0.29, 0.717) is 6.42 Å². The van der Waals surface area contributed by atoms with Gasteiger partial charge in [-0.1, -0.05) is 30.3 Å². The van der Waals surface area contributed by atoms with Gasteiger partial charge < -0.3 is 4.90 Å². The largest absolute Gasteiger partial charge is 0.324 e. The monoisotopic (exact) mass is 442 g/mol. The topological polar surface area (TPSA) is 68.8 Å². The van der Waals surface area contributed by atoms with Gasteiger partial charge in [0, 0.05) is 24.2 Å². The van der Waals surface area contributed by atoms with Crippen LogP contribution in [0.3, 0.4) is 0 Å². The smallest absolute Gasteiger partial charge is 0.294 e. The second-order valence-corrected chi connectivity index (χ2v) is 8.71. The number of amides is 1. The van der Waals surface area contributed by atoms with Crippen LogP contribution in [0.1, 0.15) is 47.2 Å². The molecule has 1 saturated heterocycles. The van der Waals surface area contributed by atoms with Gasteiger partial charge in [0.05, 0.1) is 23.1 Å². The summed E-state index contributed by atoms with van der Waals surface area (Å²) in [6, 6.07) is 16.2. The Morgan fingerprint density at radius 2 is 1.91 bits per heavy atom. The molecule has 0 N–H and O–H groups in total. The van der Waals surface area contributed by atoms with Crippen LogP contribution in [0.2, 0.25) is 0 Å². The van der Waals surface area contributed by atoms with E-state index in [2.05, 4.69) is 10.1 Å². The SMILES string of the molecule is Cn1nc2c(c1-c1cccc(F)c1)CC1CCCC2N1C(=O)c1ncn(-c2ccccc2)n1. The van der Waals surface area contributed by atoms with Crippen LogP contribution < -0.4 is 0 Å². The van der Waals surface area contributed by atoms with E-state index in [1.807, 2.05) is 53.0 Å². The fraction of sp³-hybridized carbons (Fsp3) is 0.280. The van der Waals surface area contributed by atoms with Gasteiger partial charge in [-0.15, -0.1) is 5.10 Å². The van der Waals surface area contributed by atoms with Crippen molar-refractivity contribution in [3.63, 3.8) is 0 Å². The van der Waals surface area contributed by atoms with Gasteiger partial charge in [0.15, 0.2) is 0 Å². The number of para-hydroxylation sites is 1. The zero-order valence-corrected chi connectivity index (χ0v) is 18.2. The normalized spacial score (nSPS) is 19.4. The van der Waals surface area contributed by atoms with Crippen LogP contribution in [0.15, 0.2) is 60.9 Å². The first-order chi connectivity index (χ1) is 16.1. The van der Waals surface area contributed by atoms with E-state index < -0.39 is 0 Å². The van der Waals surface area contributed by atoms with E-state index in [9.17, 15) is 9.18 Å². The Morgan fingerprint density at radius 3 is 2.73 bits per heavy atom. The molecule has 2 aromatic heterocycles. The standard InChI is InChI=1S/C25H23FN6O/c1-30-23(16-7-5-8-17(26)13-16)20-14-19-11-6-12-21(22(20)28-30)32(19)25(33)24-27-15-31(29-24)18-9-3-2-4-10-18/h2-5,7-10,13,15,19,21H,6,11-12,14H2,1H3. The third-order valence-electron chi connectivity index (χ3n) is 6.71. The van der Waals surface area contributed by atoms with E-state index in [4.69, 9.17) is 5.10 Å². The molecule has 0 radical (unpaired) electrons. The number of rotatable bonds is 3. The van der Waals surface area contributed by atoms with Crippen LogP contribution in [-0.4, -0.2) is 41.4 Å². The van der Waals surface area contributed by atoms with Gasteiger partial charge in [0.2, 0.25) is 5.82 Å². The Hall–Kier alpha value is -3.81. The van der Waals surface area contributed by atoms with Gasteiger partial charge in [-0.05, 0) is 49.9 Å². The molecule has 4 heterocycles. The summed E-state index contributed by atoms with van der Waals surface area (Å²) >= 11 is 0. The van der Waals surface area contributed by atoms with Crippen LogP contribution >= 0.6 is 0 Å². The fourth-order valence-electron chi connectivity index (χ4n) is 5.33. The van der Waals surface area contributed by atoms with Crippen LogP contribution in [0.25, 0.3) is 16.9 Å². The van der Waals surface area contributed by atoms with E-state index in [0.717, 1.165) is 47.5 Å². The molecule has 166 valence electrons. The van der Waals surface area contributed by atoms with Gasteiger partial charge in [-0.2, -0.15) is 5.10 Å². The summed E-state index contributed by atoms with van der Waals surface area (Å²) < 4.78 is 17.4. The average Bonchev–Trinajstić information content (AvgIpc) is 3.44. The molecule has 0 spiro atoms. The number of piperidine rings is 1. The summed E-state index contributed by atoms with van der Waals surface area (Å²) in [6.07, 6.45) is 5.07. The van der Waals surface area contributed by atoms with Gasteiger partial charge in [0.1, 0.15) is 12.1 Å². The number of benzene rings is 2. The van der Waals surface area contributed by atoms with Crippen molar-refractivity contribution in [3.05, 3.63) is 83.8 Å². The Kier molecular flexibility index (Phi) is 4.60. The lowest BCUT2D eigenvalue weighted by molar-refractivity contribution is 0.0379. The summed E-state index contributed by atoms with van der Waals surface area (Å²) in [5, 5.41) is 9.28. The minimum atomic E-state index is -0.268. The number of carbonyl (C=O) groups excluding carboxylic acids is 1. The van der Waals surface area contributed by atoms with Gasteiger partial charge >= 0.3 is 0 Å². The number of fused-ring (bicyclic) bond motifs is 4. The zero-order chi connectivity index (χ0) is 22.5. The van der Waals surface area contributed by atoms with Crippen molar-refractivity contribution in [1.29, 1.82) is 0 Å². The molecule has 2 atom stereocenters. The van der Waals surface area contributed by atoms with Crippen molar-refractivity contribution in [3.8, 4) is 16.9 Å². The van der Waals surface area contributed by atoms with Crippen molar-refractivity contribution in [2.24, 2.45) is 7.05 Å². The van der Waals surface area contributed by atoms with Crippen molar-refractivity contribution in [2.75, 3.05) is 0 Å². The summed E-state index contributed by atoms with van der Waals surface area (Å²) in [5.74, 6) is -0.237. The molecule has 1 amide bonds. The Balaban J connectivity index is 1.37. The Morgan fingerprint density at radius 1 is 1.06 bits per heavy atom. The number of aryl methyl sites for hydroxylation is 1. The number of carbonyl (C=O) groups is 1. The molecule has 2 aliphatic heterocycles. The minimum absolute atomic E-state index is 0.0453. The summed E-state index contributed by atoms with van der Waals surface area (Å²) in [4.78, 5) is 19.8. The number of aromatic nitrogens is 5. The number of hydrogen-bond donors (Lipinski definition) is 0. The Bertz CT molecular complexity index is 1340. The van der Waals surface area contributed by atoms with Crippen molar-refractivity contribution in [2.45, 2.75) is 37.8 Å².